The standard InChI is InChI=1S/C21H19N5O5S/c1-12-9-14(18(22)27)17-16(10-12)32(29,30)26-19(25-17)20(28)24-11-15(21-23-7-8-31-21)13-5-3-2-4-6-13/h2-10,15H,11H2,1H3,(H2,22,27)(H,24,28)(H,25,26). The molecule has 4 rings (SSSR count). The van der Waals surface area contributed by atoms with E-state index in [-0.39, 0.29) is 22.7 Å². The average Bonchev–Trinajstić information content (AvgIpc) is 3.28. The number of nitrogens with two attached hydrogens (primary N) is 1. The number of carbonyl (C=O) groups is 2. The van der Waals surface area contributed by atoms with Crippen LogP contribution in [0.2, 0.25) is 0 Å². The van der Waals surface area contributed by atoms with Gasteiger partial charge in [0.1, 0.15) is 11.2 Å². The number of nitrogens with zero attached hydrogens (tertiary/aromatic N) is 2. The summed E-state index contributed by atoms with van der Waals surface area (Å²) >= 11 is 0. The zero-order chi connectivity index (χ0) is 22.9. The maximum Gasteiger partial charge on any atom is 0.287 e. The molecule has 11 heteroatoms. The van der Waals surface area contributed by atoms with Gasteiger partial charge in [-0.3, -0.25) is 9.59 Å². The second kappa shape index (κ2) is 8.27. The molecule has 1 aliphatic heterocycles. The molecular formula is C21H19N5O5S. The number of hydrogen-bond donors (Lipinski definition) is 3. The molecule has 1 atom stereocenters. The van der Waals surface area contributed by atoms with E-state index in [1.807, 2.05) is 30.3 Å². The Hall–Kier alpha value is -3.99. The summed E-state index contributed by atoms with van der Waals surface area (Å²) in [5, 5.41) is 5.30. The van der Waals surface area contributed by atoms with Crippen LogP contribution in [0.25, 0.3) is 0 Å². The highest BCUT2D eigenvalue weighted by Crippen LogP contribution is 2.32. The second-order valence-corrected chi connectivity index (χ2v) is 8.71. The molecular weight excluding hydrogens is 434 g/mol. The predicted octanol–water partition coefficient (Wildman–Crippen LogP) is 1.54. The number of anilines is 1. The molecule has 0 spiro atoms. The van der Waals surface area contributed by atoms with Crippen LogP contribution in [0, 0.1) is 6.92 Å². The fourth-order valence-electron chi connectivity index (χ4n) is 3.41. The average molecular weight is 453 g/mol. The van der Waals surface area contributed by atoms with E-state index in [1.165, 1.54) is 24.6 Å². The van der Waals surface area contributed by atoms with Crippen molar-refractivity contribution in [3.8, 4) is 0 Å². The van der Waals surface area contributed by atoms with Crippen molar-refractivity contribution in [3.05, 3.63) is 77.5 Å². The Bertz CT molecular complexity index is 1320. The number of amides is 2. The lowest BCUT2D eigenvalue weighted by Gasteiger charge is -2.21. The molecule has 0 fully saturated rings. The number of rotatable bonds is 6. The van der Waals surface area contributed by atoms with E-state index >= 15 is 0 Å². The molecule has 0 bridgehead atoms. The summed E-state index contributed by atoms with van der Waals surface area (Å²) in [6.45, 7) is 1.69. The normalized spacial score (nSPS) is 15.1. The highest BCUT2D eigenvalue weighted by Gasteiger charge is 2.32. The Kier molecular flexibility index (Phi) is 5.49. The molecule has 0 saturated heterocycles. The van der Waals surface area contributed by atoms with Crippen molar-refractivity contribution in [2.45, 2.75) is 17.7 Å². The minimum absolute atomic E-state index is 0.0503. The van der Waals surface area contributed by atoms with E-state index in [9.17, 15) is 18.0 Å². The van der Waals surface area contributed by atoms with Crippen LogP contribution in [-0.2, 0) is 14.8 Å². The summed E-state index contributed by atoms with van der Waals surface area (Å²) in [4.78, 5) is 28.6. The quantitative estimate of drug-likeness (QED) is 0.511. The Balaban J connectivity index is 1.61. The molecule has 0 radical (unpaired) electrons. The summed E-state index contributed by atoms with van der Waals surface area (Å²) in [7, 11) is -4.22. The Morgan fingerprint density at radius 2 is 1.97 bits per heavy atom. The predicted molar refractivity (Wildman–Crippen MR) is 116 cm³/mol. The molecule has 0 aliphatic carbocycles. The van der Waals surface area contributed by atoms with Crippen molar-refractivity contribution < 1.29 is 22.4 Å². The van der Waals surface area contributed by atoms with Crippen molar-refractivity contribution in [2.75, 3.05) is 11.9 Å². The van der Waals surface area contributed by atoms with E-state index in [1.54, 1.807) is 6.92 Å². The van der Waals surface area contributed by atoms with Gasteiger partial charge in [0.25, 0.3) is 21.8 Å². The molecule has 2 amide bonds. The minimum atomic E-state index is -4.22. The van der Waals surface area contributed by atoms with Crippen molar-refractivity contribution in [3.63, 3.8) is 0 Å². The third-order valence-corrected chi connectivity index (χ3v) is 6.18. The van der Waals surface area contributed by atoms with Crippen LogP contribution in [-0.4, -0.2) is 37.6 Å². The minimum Gasteiger partial charge on any atom is -0.448 e. The van der Waals surface area contributed by atoms with Crippen LogP contribution < -0.4 is 16.4 Å². The van der Waals surface area contributed by atoms with Crippen LogP contribution in [0.5, 0.6) is 0 Å². The Morgan fingerprint density at radius 1 is 1.22 bits per heavy atom. The Morgan fingerprint density at radius 3 is 2.62 bits per heavy atom. The lowest BCUT2D eigenvalue weighted by molar-refractivity contribution is -0.114. The van der Waals surface area contributed by atoms with Gasteiger partial charge in [0.05, 0.1) is 23.4 Å². The fraction of sp³-hybridized carbons (Fsp3) is 0.143. The Labute approximate surface area is 183 Å². The summed E-state index contributed by atoms with van der Waals surface area (Å²) in [5.41, 5.74) is 6.64. The first-order valence-electron chi connectivity index (χ1n) is 9.55. The zero-order valence-electron chi connectivity index (χ0n) is 16.9. The monoisotopic (exact) mass is 453 g/mol. The lowest BCUT2D eigenvalue weighted by atomic mass is 9.99. The number of hydrogen-bond acceptors (Lipinski definition) is 7. The smallest absolute Gasteiger partial charge is 0.287 e. The van der Waals surface area contributed by atoms with Gasteiger partial charge in [-0.15, -0.1) is 4.40 Å². The largest absolute Gasteiger partial charge is 0.448 e. The summed E-state index contributed by atoms with van der Waals surface area (Å²) < 4.78 is 34.3. The zero-order valence-corrected chi connectivity index (χ0v) is 17.7. The van der Waals surface area contributed by atoms with Gasteiger partial charge in [-0.1, -0.05) is 30.3 Å². The lowest BCUT2D eigenvalue weighted by Crippen LogP contribution is -2.40. The van der Waals surface area contributed by atoms with Crippen molar-refractivity contribution in [2.24, 2.45) is 10.1 Å². The number of carbonyl (C=O) groups excluding carboxylic acids is 2. The van der Waals surface area contributed by atoms with E-state index in [4.69, 9.17) is 10.2 Å². The third kappa shape index (κ3) is 4.10. The van der Waals surface area contributed by atoms with E-state index in [0.29, 0.717) is 11.5 Å². The highest BCUT2D eigenvalue weighted by atomic mass is 32.2. The molecule has 1 aliphatic rings. The number of oxazole rings is 1. The van der Waals surface area contributed by atoms with E-state index < -0.39 is 33.6 Å². The first-order chi connectivity index (χ1) is 15.3. The van der Waals surface area contributed by atoms with Gasteiger partial charge in [-0.25, -0.2) is 4.98 Å². The number of sulfonamides is 1. The first kappa shape index (κ1) is 21.2. The number of amidine groups is 1. The highest BCUT2D eigenvalue weighted by molar-refractivity contribution is 7.90. The second-order valence-electron chi connectivity index (χ2n) is 7.13. The van der Waals surface area contributed by atoms with Crippen LogP contribution >= 0.6 is 0 Å². The van der Waals surface area contributed by atoms with E-state index in [2.05, 4.69) is 20.0 Å². The van der Waals surface area contributed by atoms with Crippen LogP contribution in [0.1, 0.15) is 33.3 Å². The molecule has 4 N–H and O–H groups in total. The van der Waals surface area contributed by atoms with E-state index in [0.717, 1.165) is 5.56 Å². The van der Waals surface area contributed by atoms with Crippen molar-refractivity contribution >= 4 is 33.4 Å². The first-order valence-corrected chi connectivity index (χ1v) is 11.0. The molecule has 3 aromatic rings. The van der Waals surface area contributed by atoms with Gasteiger partial charge in [-0.05, 0) is 30.2 Å². The number of benzene rings is 2. The molecule has 2 aromatic carbocycles. The summed E-state index contributed by atoms with van der Waals surface area (Å²) in [6.07, 6.45) is 2.92. The number of aryl methyl sites for hydroxylation is 1. The maximum atomic E-state index is 12.8. The molecule has 32 heavy (non-hydrogen) atoms. The van der Waals surface area contributed by atoms with Crippen LogP contribution in [0.3, 0.4) is 0 Å². The molecule has 1 unspecified atom stereocenters. The molecule has 2 heterocycles. The van der Waals surface area contributed by atoms with Crippen LogP contribution in [0.15, 0.2) is 68.6 Å². The molecule has 164 valence electrons. The number of fused-ring (bicyclic) bond motifs is 1. The van der Waals surface area contributed by atoms with Gasteiger partial charge in [0.2, 0.25) is 11.7 Å². The summed E-state index contributed by atoms with van der Waals surface area (Å²) in [6, 6.07) is 12.1. The number of nitrogens with one attached hydrogen (secondary N) is 2. The van der Waals surface area contributed by atoms with Gasteiger partial charge in [0.15, 0.2) is 0 Å². The maximum absolute atomic E-state index is 12.8. The summed E-state index contributed by atoms with van der Waals surface area (Å²) in [5.74, 6) is -2.10. The molecule has 10 nitrogen and oxygen atoms in total. The van der Waals surface area contributed by atoms with Crippen molar-refractivity contribution in [1.29, 1.82) is 0 Å². The van der Waals surface area contributed by atoms with Gasteiger partial charge in [-0.2, -0.15) is 8.42 Å². The fourth-order valence-corrected chi connectivity index (χ4v) is 4.63. The van der Waals surface area contributed by atoms with Gasteiger partial charge >= 0.3 is 0 Å². The topological polar surface area (TPSA) is 157 Å². The third-order valence-electron chi connectivity index (χ3n) is 4.88. The number of aromatic nitrogens is 1. The molecule has 0 saturated carbocycles. The van der Waals surface area contributed by atoms with Crippen LogP contribution in [0.4, 0.5) is 5.69 Å². The van der Waals surface area contributed by atoms with Gasteiger partial charge in [0, 0.05) is 6.54 Å². The molecule has 1 aromatic heterocycles. The number of primary amides is 1. The SMILES string of the molecule is Cc1cc(C(N)=O)c2c(c1)S(=O)(=O)N=C(C(=O)NCC(c1ccccc1)c1ncco1)N2. The van der Waals surface area contributed by atoms with Crippen molar-refractivity contribution in [1.82, 2.24) is 10.3 Å². The van der Waals surface area contributed by atoms with Gasteiger partial charge < -0.3 is 20.8 Å².